The van der Waals surface area contributed by atoms with Crippen LogP contribution in [0.3, 0.4) is 0 Å². The number of fused-ring (bicyclic) bond motifs is 4. The lowest BCUT2D eigenvalue weighted by Crippen LogP contribution is -2.63. The van der Waals surface area contributed by atoms with Crippen LogP contribution < -0.4 is 0 Å². The van der Waals surface area contributed by atoms with Gasteiger partial charge < -0.3 is 5.11 Å². The summed E-state index contributed by atoms with van der Waals surface area (Å²) in [6.45, 7) is 5.96. The van der Waals surface area contributed by atoms with E-state index in [1.54, 1.807) is 42.5 Å². The smallest absolute Gasteiger partial charge is 0.262 e. The number of nitrogens with zero attached hydrogens (tertiary/aromatic N) is 5. The maximum Gasteiger partial charge on any atom is 0.262 e. The topological polar surface area (TPSA) is 101 Å². The van der Waals surface area contributed by atoms with Gasteiger partial charge in [-0.2, -0.15) is 9.61 Å². The van der Waals surface area contributed by atoms with Crippen LogP contribution in [0.2, 0.25) is 0 Å². The van der Waals surface area contributed by atoms with Gasteiger partial charge in [0.15, 0.2) is 11.3 Å². The van der Waals surface area contributed by atoms with E-state index in [1.807, 2.05) is 52.5 Å². The number of benzene rings is 2. The molecule has 0 bridgehead atoms. The lowest BCUT2D eigenvalue weighted by molar-refractivity contribution is -0.118. The first-order valence-corrected chi connectivity index (χ1v) is 15.6. The summed E-state index contributed by atoms with van der Waals surface area (Å²) >= 11 is 1.64. The molecule has 6 aromatic rings. The molecule has 218 valence electrons. The second kappa shape index (κ2) is 9.38. The van der Waals surface area contributed by atoms with Crippen LogP contribution in [-0.4, -0.2) is 47.0 Å². The first kappa shape index (κ1) is 26.9. The Balaban J connectivity index is 1.26. The predicted octanol–water partition coefficient (Wildman–Crippen LogP) is 6.83. The fraction of sp³-hybridized carbons (Fsp3) is 0.229. The van der Waals surface area contributed by atoms with Crippen LogP contribution in [-0.2, 0) is 5.54 Å². The van der Waals surface area contributed by atoms with Gasteiger partial charge in [0.05, 0.1) is 33.7 Å². The Bertz CT molecular complexity index is 2090. The minimum absolute atomic E-state index is 0.255. The average molecular weight is 600 g/mol. The van der Waals surface area contributed by atoms with Gasteiger partial charge in [-0.1, -0.05) is 56.3 Å². The monoisotopic (exact) mass is 599 g/mol. The van der Waals surface area contributed by atoms with Crippen molar-refractivity contribution in [2.75, 3.05) is 0 Å². The molecule has 2 amide bonds. The van der Waals surface area contributed by atoms with Crippen molar-refractivity contribution in [3.8, 4) is 21.7 Å². The number of carbonyl (C=O) groups is 2. The Morgan fingerprint density at radius 2 is 1.61 bits per heavy atom. The molecule has 1 N–H and O–H groups in total. The van der Waals surface area contributed by atoms with Crippen LogP contribution >= 0.6 is 11.3 Å². The van der Waals surface area contributed by atoms with Crippen molar-refractivity contribution in [2.24, 2.45) is 0 Å². The fourth-order valence-corrected chi connectivity index (χ4v) is 7.64. The predicted molar refractivity (Wildman–Crippen MR) is 170 cm³/mol. The quantitative estimate of drug-likeness (QED) is 0.218. The molecular weight excluding hydrogens is 570 g/mol. The molecule has 1 aliphatic heterocycles. The van der Waals surface area contributed by atoms with Gasteiger partial charge >= 0.3 is 0 Å². The molecule has 44 heavy (non-hydrogen) atoms. The number of thiophene rings is 1. The second-order valence-electron chi connectivity index (χ2n) is 12.5. The molecule has 2 aromatic carbocycles. The summed E-state index contributed by atoms with van der Waals surface area (Å²) < 4.78 is 1.81. The van der Waals surface area contributed by atoms with E-state index in [4.69, 9.17) is 10.1 Å². The van der Waals surface area contributed by atoms with Crippen molar-refractivity contribution in [3.63, 3.8) is 0 Å². The molecule has 5 heterocycles. The van der Waals surface area contributed by atoms with Crippen molar-refractivity contribution in [1.82, 2.24) is 24.5 Å². The summed E-state index contributed by atoms with van der Waals surface area (Å²) in [5.41, 5.74) is 4.79. The van der Waals surface area contributed by atoms with Gasteiger partial charge in [0, 0.05) is 46.5 Å². The van der Waals surface area contributed by atoms with E-state index in [-0.39, 0.29) is 30.6 Å². The molecule has 1 fully saturated rings. The van der Waals surface area contributed by atoms with Crippen molar-refractivity contribution in [1.29, 1.82) is 0 Å². The number of amides is 2. The molecule has 2 aliphatic rings. The highest BCUT2D eigenvalue weighted by atomic mass is 32.1. The molecule has 0 spiro atoms. The van der Waals surface area contributed by atoms with Gasteiger partial charge in [-0.3, -0.25) is 14.5 Å². The van der Waals surface area contributed by atoms with Gasteiger partial charge in [-0.25, -0.2) is 9.97 Å². The van der Waals surface area contributed by atoms with Crippen molar-refractivity contribution in [2.45, 2.75) is 50.7 Å². The minimum atomic E-state index is -0.988. The third kappa shape index (κ3) is 3.89. The fourth-order valence-electron chi connectivity index (χ4n) is 6.89. The third-order valence-electron chi connectivity index (χ3n) is 8.92. The Hall–Kier alpha value is -4.73. The molecule has 9 heteroatoms. The van der Waals surface area contributed by atoms with E-state index in [9.17, 15) is 14.7 Å². The van der Waals surface area contributed by atoms with E-state index in [2.05, 4.69) is 31.0 Å². The Kier molecular flexibility index (Phi) is 5.73. The Labute approximate surface area is 257 Å². The molecule has 0 atom stereocenters. The Morgan fingerprint density at radius 1 is 0.909 bits per heavy atom. The van der Waals surface area contributed by atoms with Crippen molar-refractivity contribution >= 4 is 39.8 Å². The number of aliphatic hydroxyl groups is 1. The molecule has 0 saturated heterocycles. The number of pyridine rings is 1. The highest BCUT2D eigenvalue weighted by molar-refractivity contribution is 7.13. The number of imide groups is 1. The molecule has 1 saturated carbocycles. The third-order valence-corrected chi connectivity index (χ3v) is 9.82. The number of rotatable bonds is 5. The van der Waals surface area contributed by atoms with Gasteiger partial charge in [-0.15, -0.1) is 11.3 Å². The Morgan fingerprint density at radius 3 is 2.23 bits per heavy atom. The number of aromatic nitrogens is 4. The van der Waals surface area contributed by atoms with Gasteiger partial charge in [0.1, 0.15) is 0 Å². The zero-order valence-corrected chi connectivity index (χ0v) is 25.3. The zero-order chi connectivity index (χ0) is 30.4. The highest BCUT2D eigenvalue weighted by Gasteiger charge is 2.60. The first-order valence-electron chi connectivity index (χ1n) is 14.7. The number of hydrogen-bond donors (Lipinski definition) is 1. The molecule has 0 unspecified atom stereocenters. The van der Waals surface area contributed by atoms with E-state index in [0.717, 1.165) is 49.6 Å². The first-order chi connectivity index (χ1) is 21.1. The summed E-state index contributed by atoms with van der Waals surface area (Å²) in [4.78, 5) is 39.4. The van der Waals surface area contributed by atoms with Gasteiger partial charge in [0.25, 0.3) is 11.8 Å². The second-order valence-corrected chi connectivity index (χ2v) is 13.4. The van der Waals surface area contributed by atoms with Crippen LogP contribution in [0.25, 0.3) is 38.4 Å². The van der Waals surface area contributed by atoms with E-state index >= 15 is 0 Å². The maximum absolute atomic E-state index is 13.6. The molecule has 4 aromatic heterocycles. The largest absolute Gasteiger partial charge is 0.390 e. The summed E-state index contributed by atoms with van der Waals surface area (Å²) in [5.74, 6) is -0.385. The summed E-state index contributed by atoms with van der Waals surface area (Å²) in [6, 6.07) is 23.1. The normalized spacial score (nSPS) is 21.4. The van der Waals surface area contributed by atoms with Crippen LogP contribution in [0, 0.1) is 0 Å². The van der Waals surface area contributed by atoms with Crippen molar-refractivity contribution in [3.05, 3.63) is 107 Å². The van der Waals surface area contributed by atoms with Gasteiger partial charge in [0.2, 0.25) is 0 Å². The SMILES string of the molecule is CC(C)c1cc2ncc3cc(-c4cccs4)c(-c4ccc(C5(N6C(=O)c7ccccc7C6=O)CC(C)(O)C5)cc4)nc3n2n1. The summed E-state index contributed by atoms with van der Waals surface area (Å²) in [6.07, 6.45) is 2.38. The van der Waals surface area contributed by atoms with Crippen LogP contribution in [0.5, 0.6) is 0 Å². The van der Waals surface area contributed by atoms with Crippen LogP contribution in [0.4, 0.5) is 0 Å². The molecule has 8 rings (SSSR count). The maximum atomic E-state index is 13.6. The minimum Gasteiger partial charge on any atom is -0.390 e. The standard InChI is InChI=1S/C35H29N5O3S/c1-20(2)27-16-29-36-17-22-15-26(28-9-6-14-44-28)30(37-31(22)40(29)38-27)21-10-12-23(13-11-21)35(18-34(3,43)19-35)39-32(41)24-7-4-5-8-25(24)33(39)42/h4-17,20,43H,18-19H2,1-3H3. The molecule has 1 aliphatic carbocycles. The zero-order valence-electron chi connectivity index (χ0n) is 24.5. The lowest BCUT2D eigenvalue weighted by Gasteiger charge is -2.55. The average Bonchev–Trinajstić information content (AvgIpc) is 3.75. The number of carbonyl (C=O) groups excluding carboxylic acids is 2. The molecule has 8 nitrogen and oxygen atoms in total. The van der Waals surface area contributed by atoms with Crippen molar-refractivity contribution < 1.29 is 14.7 Å². The van der Waals surface area contributed by atoms with E-state index in [1.165, 1.54) is 4.90 Å². The molecular formula is C35H29N5O3S. The van der Waals surface area contributed by atoms with E-state index in [0.29, 0.717) is 11.1 Å². The highest BCUT2D eigenvalue weighted by Crippen LogP contribution is 2.54. The van der Waals surface area contributed by atoms with Crippen LogP contribution in [0.15, 0.2) is 84.4 Å². The lowest BCUT2D eigenvalue weighted by atomic mass is 9.61. The summed E-state index contributed by atoms with van der Waals surface area (Å²) in [5, 5.41) is 18.6. The number of hydrogen-bond acceptors (Lipinski definition) is 7. The van der Waals surface area contributed by atoms with Crippen LogP contribution in [0.1, 0.15) is 71.5 Å². The van der Waals surface area contributed by atoms with Gasteiger partial charge in [-0.05, 0) is 48.1 Å². The molecule has 0 radical (unpaired) electrons. The van der Waals surface area contributed by atoms with E-state index < -0.39 is 11.1 Å². The summed E-state index contributed by atoms with van der Waals surface area (Å²) in [7, 11) is 0.